The second-order valence-corrected chi connectivity index (χ2v) is 6.86. The summed E-state index contributed by atoms with van der Waals surface area (Å²) in [6, 6.07) is 4.99. The highest BCUT2D eigenvalue weighted by molar-refractivity contribution is 7.07. The first-order chi connectivity index (χ1) is 11.8. The lowest BCUT2D eigenvalue weighted by atomic mass is 9.73. The lowest BCUT2D eigenvalue weighted by Gasteiger charge is -2.34. The molecule has 2 aromatic rings. The van der Waals surface area contributed by atoms with Crippen molar-refractivity contribution in [3.05, 3.63) is 51.8 Å². The number of thiazole rings is 1. The van der Waals surface area contributed by atoms with Crippen molar-refractivity contribution in [3.8, 4) is 0 Å². The summed E-state index contributed by atoms with van der Waals surface area (Å²) in [5.74, 6) is -0.423. The van der Waals surface area contributed by atoms with E-state index in [0.29, 0.717) is 36.4 Å². The van der Waals surface area contributed by atoms with Crippen LogP contribution in [0.4, 0.5) is 13.2 Å². The van der Waals surface area contributed by atoms with Crippen molar-refractivity contribution in [2.45, 2.75) is 24.4 Å². The van der Waals surface area contributed by atoms with Crippen LogP contribution >= 0.6 is 11.3 Å². The van der Waals surface area contributed by atoms with Gasteiger partial charge >= 0.3 is 6.18 Å². The van der Waals surface area contributed by atoms with Gasteiger partial charge in [-0.3, -0.25) is 4.79 Å². The van der Waals surface area contributed by atoms with Crippen molar-refractivity contribution >= 4 is 17.2 Å². The molecule has 1 aliphatic rings. The maximum absolute atomic E-state index is 13.1. The lowest BCUT2D eigenvalue weighted by Crippen LogP contribution is -2.41. The first kappa shape index (κ1) is 17.9. The molecule has 3 rings (SSSR count). The van der Waals surface area contributed by atoms with E-state index in [2.05, 4.69) is 4.99 Å². The van der Waals surface area contributed by atoms with Gasteiger partial charge in [0.05, 0.1) is 11.0 Å². The van der Waals surface area contributed by atoms with E-state index in [4.69, 9.17) is 4.74 Å². The molecule has 0 N–H and O–H groups in total. The van der Waals surface area contributed by atoms with E-state index in [0.717, 1.165) is 12.1 Å². The normalized spacial score (nSPS) is 18.3. The monoisotopic (exact) mass is 370 g/mol. The molecule has 1 aromatic heterocycles. The number of benzene rings is 1. The average molecular weight is 370 g/mol. The van der Waals surface area contributed by atoms with Crippen LogP contribution in [0, 0.1) is 0 Å². The molecule has 134 valence electrons. The van der Waals surface area contributed by atoms with Gasteiger partial charge in [-0.05, 0) is 24.5 Å². The molecule has 4 nitrogen and oxygen atoms in total. The van der Waals surface area contributed by atoms with Crippen molar-refractivity contribution in [1.29, 1.82) is 0 Å². The van der Waals surface area contributed by atoms with Crippen LogP contribution < -0.4 is 4.80 Å². The number of alkyl halides is 3. The molecule has 1 amide bonds. The van der Waals surface area contributed by atoms with Crippen molar-refractivity contribution in [3.63, 3.8) is 0 Å². The first-order valence-corrected chi connectivity index (χ1v) is 8.66. The maximum Gasteiger partial charge on any atom is 0.416 e. The highest BCUT2D eigenvalue weighted by atomic mass is 32.1. The van der Waals surface area contributed by atoms with E-state index in [1.807, 2.05) is 0 Å². The van der Waals surface area contributed by atoms with E-state index in [1.54, 1.807) is 29.3 Å². The number of carbonyl (C=O) groups excluding carboxylic acids is 1. The van der Waals surface area contributed by atoms with Gasteiger partial charge in [-0.25, -0.2) is 0 Å². The van der Waals surface area contributed by atoms with Crippen molar-refractivity contribution in [2.75, 3.05) is 13.2 Å². The summed E-state index contributed by atoms with van der Waals surface area (Å²) in [6.45, 7) is 0.627. The van der Waals surface area contributed by atoms with Crippen LogP contribution in [-0.4, -0.2) is 23.7 Å². The summed E-state index contributed by atoms with van der Waals surface area (Å²) in [7, 11) is 1.77. The molecule has 1 aliphatic heterocycles. The SMILES string of the molecule is Cn1ccsc1=NC(=O)C1(c2cccc(C(F)(F)F)c2)CCOCC1. The zero-order chi connectivity index (χ0) is 18.1. The summed E-state index contributed by atoms with van der Waals surface area (Å²) in [6.07, 6.45) is -2.06. The Morgan fingerprint density at radius 3 is 2.64 bits per heavy atom. The van der Waals surface area contributed by atoms with Gasteiger partial charge in [0.25, 0.3) is 5.91 Å². The second kappa shape index (κ2) is 6.76. The Morgan fingerprint density at radius 2 is 2.04 bits per heavy atom. The fourth-order valence-electron chi connectivity index (χ4n) is 2.97. The molecular weight excluding hydrogens is 353 g/mol. The standard InChI is InChI=1S/C17H17F3N2O2S/c1-22-7-10-25-15(22)21-14(23)16(5-8-24-9-6-16)12-3-2-4-13(11-12)17(18,19)20/h2-4,7,10-11H,5-6,8-9H2,1H3. The molecule has 2 heterocycles. The summed E-state index contributed by atoms with van der Waals surface area (Å²) < 4.78 is 46.3. The highest BCUT2D eigenvalue weighted by Crippen LogP contribution is 2.39. The molecule has 1 saturated heterocycles. The molecule has 0 spiro atoms. The van der Waals surface area contributed by atoms with Crippen molar-refractivity contribution < 1.29 is 22.7 Å². The Labute approximate surface area is 146 Å². The van der Waals surface area contributed by atoms with Crippen LogP contribution in [0.2, 0.25) is 0 Å². The number of rotatable bonds is 2. The summed E-state index contributed by atoms with van der Waals surface area (Å²) in [5.41, 5.74) is -1.50. The summed E-state index contributed by atoms with van der Waals surface area (Å²) >= 11 is 1.31. The predicted octanol–water partition coefficient (Wildman–Crippen LogP) is 3.28. The van der Waals surface area contributed by atoms with Gasteiger partial charge in [-0.15, -0.1) is 11.3 Å². The molecule has 0 saturated carbocycles. The zero-order valence-corrected chi connectivity index (χ0v) is 14.4. The van der Waals surface area contributed by atoms with E-state index < -0.39 is 23.1 Å². The predicted molar refractivity (Wildman–Crippen MR) is 87.0 cm³/mol. The minimum absolute atomic E-state index is 0.311. The van der Waals surface area contributed by atoms with E-state index in [1.165, 1.54) is 17.4 Å². The molecule has 0 bridgehead atoms. The number of carbonyl (C=O) groups is 1. The molecule has 8 heteroatoms. The van der Waals surface area contributed by atoms with E-state index >= 15 is 0 Å². The Morgan fingerprint density at radius 1 is 1.32 bits per heavy atom. The minimum atomic E-state index is -4.46. The molecule has 0 radical (unpaired) electrons. The van der Waals surface area contributed by atoms with Crippen LogP contribution in [0.25, 0.3) is 0 Å². The minimum Gasteiger partial charge on any atom is -0.381 e. The van der Waals surface area contributed by atoms with Gasteiger partial charge in [0.15, 0.2) is 4.80 Å². The van der Waals surface area contributed by atoms with E-state index in [9.17, 15) is 18.0 Å². The molecule has 1 fully saturated rings. The van der Waals surface area contributed by atoms with Crippen LogP contribution in [0.1, 0.15) is 24.0 Å². The Hall–Kier alpha value is -1.93. The number of amides is 1. The fourth-order valence-corrected chi connectivity index (χ4v) is 3.70. The van der Waals surface area contributed by atoms with Gasteiger partial charge in [-0.1, -0.05) is 18.2 Å². The quantitative estimate of drug-likeness (QED) is 0.814. The van der Waals surface area contributed by atoms with E-state index in [-0.39, 0.29) is 0 Å². The van der Waals surface area contributed by atoms with Gasteiger partial charge in [-0.2, -0.15) is 18.2 Å². The van der Waals surface area contributed by atoms with Gasteiger partial charge < -0.3 is 9.30 Å². The highest BCUT2D eigenvalue weighted by Gasteiger charge is 2.43. The topological polar surface area (TPSA) is 43.6 Å². The van der Waals surface area contributed by atoms with Crippen LogP contribution in [0.15, 0.2) is 40.8 Å². The number of ether oxygens (including phenoxy) is 1. The number of hydrogen-bond acceptors (Lipinski definition) is 3. The fraction of sp³-hybridized carbons (Fsp3) is 0.412. The molecule has 25 heavy (non-hydrogen) atoms. The van der Waals surface area contributed by atoms with Crippen LogP contribution in [0.5, 0.6) is 0 Å². The Kier molecular flexibility index (Phi) is 4.83. The zero-order valence-electron chi connectivity index (χ0n) is 13.5. The molecule has 0 atom stereocenters. The van der Waals surface area contributed by atoms with Gasteiger partial charge in [0.1, 0.15) is 0 Å². The Bertz CT molecular complexity index is 833. The third kappa shape index (κ3) is 3.55. The molecule has 1 aromatic carbocycles. The molecular formula is C17H17F3N2O2S. The summed E-state index contributed by atoms with van der Waals surface area (Å²) in [5, 5.41) is 1.80. The molecule has 0 unspecified atom stereocenters. The van der Waals surface area contributed by atoms with Crippen molar-refractivity contribution in [2.24, 2.45) is 12.0 Å². The van der Waals surface area contributed by atoms with Gasteiger partial charge in [0, 0.05) is 31.8 Å². The third-order valence-corrected chi connectivity index (χ3v) is 5.30. The first-order valence-electron chi connectivity index (χ1n) is 7.78. The number of aryl methyl sites for hydroxylation is 1. The van der Waals surface area contributed by atoms with Crippen LogP contribution in [-0.2, 0) is 28.2 Å². The number of hydrogen-bond donors (Lipinski definition) is 0. The number of aromatic nitrogens is 1. The largest absolute Gasteiger partial charge is 0.416 e. The average Bonchev–Trinajstić information content (AvgIpc) is 2.99. The second-order valence-electron chi connectivity index (χ2n) is 5.99. The smallest absolute Gasteiger partial charge is 0.381 e. The van der Waals surface area contributed by atoms with Gasteiger partial charge in [0.2, 0.25) is 0 Å². The maximum atomic E-state index is 13.1. The molecule has 0 aliphatic carbocycles. The third-order valence-electron chi connectivity index (χ3n) is 4.46. The van der Waals surface area contributed by atoms with Crippen molar-refractivity contribution in [1.82, 2.24) is 4.57 Å². The lowest BCUT2D eigenvalue weighted by molar-refractivity contribution is -0.138. The number of halogens is 3. The Balaban J connectivity index is 2.09. The summed E-state index contributed by atoms with van der Waals surface area (Å²) in [4.78, 5) is 17.7. The number of nitrogens with zero attached hydrogens (tertiary/aromatic N) is 2. The van der Waals surface area contributed by atoms with Crippen LogP contribution in [0.3, 0.4) is 0 Å².